The topological polar surface area (TPSA) is 66.5 Å². The minimum atomic E-state index is -0.391. The molecule has 1 saturated heterocycles. The van der Waals surface area contributed by atoms with Crippen molar-refractivity contribution in [2.75, 3.05) is 13.1 Å². The molecule has 5 nitrogen and oxygen atoms in total. The van der Waals surface area contributed by atoms with Crippen LogP contribution in [-0.4, -0.2) is 35.0 Å². The van der Waals surface area contributed by atoms with E-state index < -0.39 is 5.91 Å². The lowest BCUT2D eigenvalue weighted by Gasteiger charge is -2.13. The van der Waals surface area contributed by atoms with Gasteiger partial charge < -0.3 is 5.32 Å². The summed E-state index contributed by atoms with van der Waals surface area (Å²) in [6, 6.07) is 5.68. The molecule has 1 atom stereocenters. The summed E-state index contributed by atoms with van der Waals surface area (Å²) in [5, 5.41) is 2.39. The highest BCUT2D eigenvalue weighted by Gasteiger charge is 2.34. The number of hydrogen-bond acceptors (Lipinski definition) is 4. The van der Waals surface area contributed by atoms with E-state index in [1.165, 1.54) is 12.1 Å². The molecule has 136 valence electrons. The maximum absolute atomic E-state index is 12.9. The highest BCUT2D eigenvalue weighted by Crippen LogP contribution is 2.31. The average Bonchev–Trinajstić information content (AvgIpc) is 3.20. The van der Waals surface area contributed by atoms with Gasteiger partial charge in [0.25, 0.3) is 11.1 Å². The molecule has 1 aromatic rings. The summed E-state index contributed by atoms with van der Waals surface area (Å²) in [6.45, 7) is 0.370. The number of rotatable bonds is 6. The molecule has 0 saturated carbocycles. The number of benzene rings is 1. The number of carbonyl (C=O) groups excluding carboxylic acids is 3. The van der Waals surface area contributed by atoms with Crippen molar-refractivity contribution in [2.24, 2.45) is 5.92 Å². The van der Waals surface area contributed by atoms with E-state index >= 15 is 0 Å². The first-order valence-electron chi connectivity index (χ1n) is 8.47. The van der Waals surface area contributed by atoms with Crippen LogP contribution in [0.3, 0.4) is 0 Å². The number of allylic oxidation sites excluding steroid dienone is 2. The van der Waals surface area contributed by atoms with E-state index in [1.54, 1.807) is 18.2 Å². The van der Waals surface area contributed by atoms with E-state index in [2.05, 4.69) is 17.5 Å². The highest BCUT2D eigenvalue weighted by molar-refractivity contribution is 8.18. The van der Waals surface area contributed by atoms with Crippen molar-refractivity contribution in [3.8, 4) is 0 Å². The lowest BCUT2D eigenvalue weighted by molar-refractivity contribution is -0.124. The van der Waals surface area contributed by atoms with Gasteiger partial charge in [-0.05, 0) is 54.3 Å². The summed E-state index contributed by atoms with van der Waals surface area (Å²) >= 11 is 0.849. The summed E-state index contributed by atoms with van der Waals surface area (Å²) in [6.07, 6.45) is 8.13. The van der Waals surface area contributed by atoms with Gasteiger partial charge in [-0.1, -0.05) is 24.3 Å². The van der Waals surface area contributed by atoms with Gasteiger partial charge in [0, 0.05) is 19.5 Å². The predicted octanol–water partition coefficient (Wildman–Crippen LogP) is 3.33. The quantitative estimate of drug-likeness (QED) is 0.613. The molecular formula is C19H19FN2O3S. The minimum absolute atomic E-state index is 0.0737. The molecule has 3 amide bonds. The second-order valence-electron chi connectivity index (χ2n) is 6.20. The first kappa shape index (κ1) is 18.4. The number of halogens is 1. The van der Waals surface area contributed by atoms with Gasteiger partial charge in [-0.2, -0.15) is 0 Å². The molecule has 3 rings (SSSR count). The van der Waals surface area contributed by atoms with Crippen molar-refractivity contribution in [2.45, 2.75) is 19.3 Å². The van der Waals surface area contributed by atoms with Gasteiger partial charge >= 0.3 is 0 Å². The molecule has 2 aliphatic rings. The fourth-order valence-corrected chi connectivity index (χ4v) is 3.75. The summed E-state index contributed by atoms with van der Waals surface area (Å²) in [5.41, 5.74) is 0.648. The SMILES string of the molecule is O=C(CC1C=CCC1)NCCN1C(=O)S/C(=C\c2ccc(F)cc2)C1=O. The van der Waals surface area contributed by atoms with Crippen LogP contribution >= 0.6 is 11.8 Å². The van der Waals surface area contributed by atoms with Crippen LogP contribution in [0.15, 0.2) is 41.3 Å². The first-order chi connectivity index (χ1) is 12.5. The van der Waals surface area contributed by atoms with Gasteiger partial charge in [0.2, 0.25) is 5.91 Å². The zero-order valence-electron chi connectivity index (χ0n) is 14.1. The number of imide groups is 1. The van der Waals surface area contributed by atoms with Crippen molar-refractivity contribution >= 4 is 34.9 Å². The summed E-state index contributed by atoms with van der Waals surface area (Å²) in [5.74, 6) is -0.544. The Bertz CT molecular complexity index is 773. The lowest BCUT2D eigenvalue weighted by atomic mass is 10.1. The van der Waals surface area contributed by atoms with E-state index in [0.717, 1.165) is 29.5 Å². The maximum Gasteiger partial charge on any atom is 0.293 e. The zero-order chi connectivity index (χ0) is 18.5. The van der Waals surface area contributed by atoms with E-state index in [4.69, 9.17) is 0 Å². The van der Waals surface area contributed by atoms with Gasteiger partial charge in [0.15, 0.2) is 0 Å². The molecule has 1 unspecified atom stereocenters. The Hall–Kier alpha value is -2.41. The number of nitrogens with one attached hydrogen (secondary N) is 1. The summed E-state index contributed by atoms with van der Waals surface area (Å²) in [7, 11) is 0. The van der Waals surface area contributed by atoms with E-state index in [1.807, 2.05) is 0 Å². The third kappa shape index (κ3) is 4.60. The van der Waals surface area contributed by atoms with Crippen LogP contribution in [-0.2, 0) is 9.59 Å². The predicted molar refractivity (Wildman–Crippen MR) is 98.6 cm³/mol. The first-order valence-corrected chi connectivity index (χ1v) is 9.29. The van der Waals surface area contributed by atoms with Crippen LogP contribution in [0.1, 0.15) is 24.8 Å². The monoisotopic (exact) mass is 374 g/mol. The fourth-order valence-electron chi connectivity index (χ4n) is 2.89. The molecule has 0 bridgehead atoms. The molecule has 1 heterocycles. The maximum atomic E-state index is 12.9. The number of amides is 3. The molecule has 0 aromatic heterocycles. The number of hydrogen-bond donors (Lipinski definition) is 1. The third-order valence-corrected chi connectivity index (χ3v) is 5.17. The molecule has 1 aliphatic carbocycles. The largest absolute Gasteiger partial charge is 0.354 e. The van der Waals surface area contributed by atoms with Crippen molar-refractivity contribution < 1.29 is 18.8 Å². The molecular weight excluding hydrogens is 355 g/mol. The summed E-state index contributed by atoms with van der Waals surface area (Å²) in [4.78, 5) is 37.7. The molecule has 26 heavy (non-hydrogen) atoms. The number of nitrogens with zero attached hydrogens (tertiary/aromatic N) is 1. The molecule has 7 heteroatoms. The molecule has 0 radical (unpaired) electrons. The zero-order valence-corrected chi connectivity index (χ0v) is 14.9. The molecule has 1 N–H and O–H groups in total. The molecule has 1 fully saturated rings. The smallest absolute Gasteiger partial charge is 0.293 e. The minimum Gasteiger partial charge on any atom is -0.354 e. The van der Waals surface area contributed by atoms with Gasteiger partial charge in [0.05, 0.1) is 4.91 Å². The van der Waals surface area contributed by atoms with Gasteiger partial charge in [-0.25, -0.2) is 4.39 Å². The van der Waals surface area contributed by atoms with Gasteiger partial charge in [-0.15, -0.1) is 0 Å². The van der Waals surface area contributed by atoms with Crippen LogP contribution in [0.5, 0.6) is 0 Å². The highest BCUT2D eigenvalue weighted by atomic mass is 32.2. The Kier molecular flexibility index (Phi) is 5.88. The third-order valence-electron chi connectivity index (χ3n) is 4.26. The molecule has 1 aliphatic heterocycles. The van der Waals surface area contributed by atoms with Crippen molar-refractivity contribution in [3.63, 3.8) is 0 Å². The van der Waals surface area contributed by atoms with Crippen LogP contribution in [0.2, 0.25) is 0 Å². The Labute approximate surface area is 155 Å². The second kappa shape index (κ2) is 8.31. The van der Waals surface area contributed by atoms with Crippen LogP contribution in [0, 0.1) is 11.7 Å². The second-order valence-corrected chi connectivity index (χ2v) is 7.20. The van der Waals surface area contributed by atoms with Crippen molar-refractivity contribution in [1.82, 2.24) is 10.2 Å². The molecule has 0 spiro atoms. The van der Waals surface area contributed by atoms with Gasteiger partial charge in [-0.3, -0.25) is 19.3 Å². The van der Waals surface area contributed by atoms with Gasteiger partial charge in [0.1, 0.15) is 5.82 Å². The van der Waals surface area contributed by atoms with E-state index in [0.29, 0.717) is 16.9 Å². The summed E-state index contributed by atoms with van der Waals surface area (Å²) < 4.78 is 12.9. The Balaban J connectivity index is 1.51. The van der Waals surface area contributed by atoms with Crippen LogP contribution in [0.4, 0.5) is 9.18 Å². The fraction of sp³-hybridized carbons (Fsp3) is 0.316. The number of carbonyl (C=O) groups is 3. The normalized spacial score (nSPS) is 21.0. The Morgan fingerprint density at radius 1 is 1.31 bits per heavy atom. The van der Waals surface area contributed by atoms with Crippen molar-refractivity contribution in [1.29, 1.82) is 0 Å². The Morgan fingerprint density at radius 3 is 2.77 bits per heavy atom. The van der Waals surface area contributed by atoms with E-state index in [9.17, 15) is 18.8 Å². The van der Waals surface area contributed by atoms with Crippen LogP contribution < -0.4 is 5.32 Å². The molecule has 1 aromatic carbocycles. The lowest BCUT2D eigenvalue weighted by Crippen LogP contribution is -2.37. The average molecular weight is 374 g/mol. The van der Waals surface area contributed by atoms with Crippen LogP contribution in [0.25, 0.3) is 6.08 Å². The standard InChI is InChI=1S/C19H19FN2O3S/c20-15-7-5-14(6-8-15)11-16-18(24)22(19(25)26-16)10-9-21-17(23)12-13-3-1-2-4-13/h1,3,5-8,11,13H,2,4,9-10,12H2,(H,21,23)/b16-11-. The Morgan fingerprint density at radius 2 is 2.08 bits per heavy atom. The van der Waals surface area contributed by atoms with E-state index in [-0.39, 0.29) is 36.0 Å². The number of thioether (sulfide) groups is 1. The van der Waals surface area contributed by atoms with Crippen molar-refractivity contribution in [3.05, 3.63) is 52.7 Å².